The van der Waals surface area contributed by atoms with Gasteiger partial charge in [0.15, 0.2) is 0 Å². The molecule has 0 saturated carbocycles. The van der Waals surface area contributed by atoms with Crippen LogP contribution in [0, 0.1) is 18.7 Å². The van der Waals surface area contributed by atoms with Crippen LogP contribution in [0.25, 0.3) is 0 Å². The first-order valence-electron chi connectivity index (χ1n) is 6.53. The highest BCUT2D eigenvalue weighted by atomic mass is 19.1. The molecule has 1 aliphatic rings. The van der Waals surface area contributed by atoms with Gasteiger partial charge in [-0.1, -0.05) is 12.1 Å². The lowest BCUT2D eigenvalue weighted by Crippen LogP contribution is -2.44. The van der Waals surface area contributed by atoms with Gasteiger partial charge in [-0.2, -0.15) is 0 Å². The summed E-state index contributed by atoms with van der Waals surface area (Å²) in [4.78, 5) is 24.5. The Kier molecular flexibility index (Phi) is 4.22. The van der Waals surface area contributed by atoms with E-state index in [2.05, 4.69) is 5.32 Å². The van der Waals surface area contributed by atoms with Crippen molar-refractivity contribution in [2.45, 2.75) is 19.8 Å². The van der Waals surface area contributed by atoms with Crippen LogP contribution in [-0.4, -0.2) is 35.1 Å². The Morgan fingerprint density at radius 3 is 2.85 bits per heavy atom. The van der Waals surface area contributed by atoms with Gasteiger partial charge in [-0.25, -0.2) is 9.18 Å². The number of nitrogens with one attached hydrogen (secondary N) is 1. The number of piperidine rings is 1. The van der Waals surface area contributed by atoms with E-state index in [9.17, 15) is 14.0 Å². The highest BCUT2D eigenvalue weighted by molar-refractivity contribution is 5.90. The number of carbonyl (C=O) groups is 2. The molecule has 1 saturated heterocycles. The molecule has 1 aromatic carbocycles. The van der Waals surface area contributed by atoms with Gasteiger partial charge in [0.05, 0.1) is 11.6 Å². The van der Waals surface area contributed by atoms with E-state index in [-0.39, 0.29) is 12.2 Å². The summed E-state index contributed by atoms with van der Waals surface area (Å²) in [6, 6.07) is 4.10. The van der Waals surface area contributed by atoms with Gasteiger partial charge >= 0.3 is 12.0 Å². The summed E-state index contributed by atoms with van der Waals surface area (Å²) < 4.78 is 13.7. The van der Waals surface area contributed by atoms with Crippen LogP contribution in [0.1, 0.15) is 18.4 Å². The Hall–Kier alpha value is -2.11. The van der Waals surface area contributed by atoms with E-state index < -0.39 is 23.7 Å². The minimum atomic E-state index is -0.899. The van der Waals surface area contributed by atoms with Gasteiger partial charge in [-0.15, -0.1) is 0 Å². The monoisotopic (exact) mass is 280 g/mol. The van der Waals surface area contributed by atoms with Gasteiger partial charge in [-0.3, -0.25) is 4.79 Å². The molecule has 0 aromatic heterocycles. The Balaban J connectivity index is 2.06. The number of rotatable bonds is 2. The average molecular weight is 280 g/mol. The van der Waals surface area contributed by atoms with Gasteiger partial charge in [0.2, 0.25) is 0 Å². The zero-order valence-electron chi connectivity index (χ0n) is 11.2. The number of likely N-dealkylation sites (tertiary alicyclic amines) is 1. The Morgan fingerprint density at radius 2 is 2.20 bits per heavy atom. The molecule has 0 spiro atoms. The fraction of sp³-hybridized carbons (Fsp3) is 0.429. The molecule has 1 heterocycles. The summed E-state index contributed by atoms with van der Waals surface area (Å²) in [6.45, 7) is 2.35. The lowest BCUT2D eigenvalue weighted by Gasteiger charge is -2.30. The summed E-state index contributed by atoms with van der Waals surface area (Å²) in [5, 5.41) is 11.5. The summed E-state index contributed by atoms with van der Waals surface area (Å²) in [6.07, 6.45) is 1.21. The molecule has 0 radical (unpaired) electrons. The summed E-state index contributed by atoms with van der Waals surface area (Å²) >= 11 is 0. The smallest absolute Gasteiger partial charge is 0.321 e. The van der Waals surface area contributed by atoms with Crippen molar-refractivity contribution >= 4 is 17.7 Å². The van der Waals surface area contributed by atoms with Gasteiger partial charge in [0, 0.05) is 13.1 Å². The number of hydrogen-bond donors (Lipinski definition) is 2. The van der Waals surface area contributed by atoms with Crippen molar-refractivity contribution in [1.82, 2.24) is 4.90 Å². The van der Waals surface area contributed by atoms with E-state index in [0.717, 1.165) is 0 Å². The van der Waals surface area contributed by atoms with Crippen LogP contribution in [0.2, 0.25) is 0 Å². The quantitative estimate of drug-likeness (QED) is 0.874. The van der Waals surface area contributed by atoms with Crippen LogP contribution in [-0.2, 0) is 4.79 Å². The molecule has 0 aliphatic carbocycles. The first-order chi connectivity index (χ1) is 9.49. The molecule has 2 N–H and O–H groups in total. The van der Waals surface area contributed by atoms with Crippen molar-refractivity contribution in [3.63, 3.8) is 0 Å². The highest BCUT2D eigenvalue weighted by Crippen LogP contribution is 2.21. The minimum Gasteiger partial charge on any atom is -0.481 e. The first-order valence-corrected chi connectivity index (χ1v) is 6.53. The number of para-hydroxylation sites is 1. The Labute approximate surface area is 116 Å². The van der Waals surface area contributed by atoms with Crippen LogP contribution in [0.3, 0.4) is 0 Å². The zero-order chi connectivity index (χ0) is 14.7. The van der Waals surface area contributed by atoms with Crippen molar-refractivity contribution in [2.75, 3.05) is 18.4 Å². The maximum absolute atomic E-state index is 13.7. The lowest BCUT2D eigenvalue weighted by molar-refractivity contribution is -0.143. The number of halogens is 1. The number of aliphatic carboxylic acids is 1. The van der Waals surface area contributed by atoms with E-state index in [1.54, 1.807) is 19.1 Å². The van der Waals surface area contributed by atoms with E-state index in [0.29, 0.717) is 24.9 Å². The topological polar surface area (TPSA) is 69.6 Å². The molecule has 1 aromatic rings. The molecule has 0 bridgehead atoms. The number of hydrogen-bond acceptors (Lipinski definition) is 2. The number of urea groups is 1. The number of carbonyl (C=O) groups excluding carboxylic acids is 1. The summed E-state index contributed by atoms with van der Waals surface area (Å²) in [7, 11) is 0. The summed E-state index contributed by atoms with van der Waals surface area (Å²) in [5.41, 5.74) is 0.778. The molecule has 2 rings (SSSR count). The van der Waals surface area contributed by atoms with Crippen molar-refractivity contribution in [1.29, 1.82) is 0 Å². The molecule has 2 amide bonds. The van der Waals surface area contributed by atoms with Crippen molar-refractivity contribution in [3.8, 4) is 0 Å². The summed E-state index contributed by atoms with van der Waals surface area (Å²) in [5.74, 6) is -1.94. The second-order valence-electron chi connectivity index (χ2n) is 4.99. The number of aryl methyl sites for hydroxylation is 1. The van der Waals surface area contributed by atoms with E-state index in [4.69, 9.17) is 5.11 Å². The number of carboxylic acids is 1. The van der Waals surface area contributed by atoms with Gasteiger partial charge in [0.25, 0.3) is 0 Å². The molecular weight excluding hydrogens is 263 g/mol. The fourth-order valence-electron chi connectivity index (χ4n) is 2.34. The van der Waals surface area contributed by atoms with Crippen LogP contribution < -0.4 is 5.32 Å². The number of anilines is 1. The molecule has 6 heteroatoms. The Morgan fingerprint density at radius 1 is 1.45 bits per heavy atom. The third-order valence-corrected chi connectivity index (χ3v) is 3.51. The van der Waals surface area contributed by atoms with Gasteiger partial charge in [-0.05, 0) is 31.4 Å². The first kappa shape index (κ1) is 14.3. The third kappa shape index (κ3) is 3.07. The second-order valence-corrected chi connectivity index (χ2v) is 4.99. The SMILES string of the molecule is Cc1cccc(F)c1NC(=O)N1CCCC(C(=O)O)C1. The minimum absolute atomic E-state index is 0.148. The van der Waals surface area contributed by atoms with Crippen molar-refractivity contribution < 1.29 is 19.1 Å². The Bertz CT molecular complexity index is 513. The van der Waals surface area contributed by atoms with Crippen molar-refractivity contribution in [2.24, 2.45) is 5.92 Å². The average Bonchev–Trinajstić information content (AvgIpc) is 2.43. The zero-order valence-corrected chi connectivity index (χ0v) is 11.2. The highest BCUT2D eigenvalue weighted by Gasteiger charge is 2.28. The molecule has 1 unspecified atom stereocenters. The molecule has 1 aliphatic heterocycles. The predicted molar refractivity (Wildman–Crippen MR) is 72.1 cm³/mol. The fourth-order valence-corrected chi connectivity index (χ4v) is 2.34. The normalized spacial score (nSPS) is 18.7. The molecule has 1 fully saturated rings. The van der Waals surface area contributed by atoms with Gasteiger partial charge < -0.3 is 15.3 Å². The van der Waals surface area contributed by atoms with E-state index in [1.807, 2.05) is 0 Å². The third-order valence-electron chi connectivity index (χ3n) is 3.51. The number of nitrogens with zero attached hydrogens (tertiary/aromatic N) is 1. The lowest BCUT2D eigenvalue weighted by atomic mass is 9.99. The van der Waals surface area contributed by atoms with Crippen LogP contribution in [0.4, 0.5) is 14.9 Å². The molecule has 5 nitrogen and oxygen atoms in total. The van der Waals surface area contributed by atoms with E-state index in [1.165, 1.54) is 11.0 Å². The maximum Gasteiger partial charge on any atom is 0.321 e. The number of carboxylic acid groups (broad SMARTS) is 1. The predicted octanol–water partition coefficient (Wildman–Crippen LogP) is 2.46. The van der Waals surface area contributed by atoms with Crippen LogP contribution in [0.15, 0.2) is 18.2 Å². The molecule has 20 heavy (non-hydrogen) atoms. The standard InChI is InChI=1S/C14H17FN2O3/c1-9-4-2-6-11(15)12(9)16-14(20)17-7-3-5-10(8-17)13(18)19/h2,4,6,10H,3,5,7-8H2,1H3,(H,16,20)(H,18,19). The van der Waals surface area contributed by atoms with Crippen LogP contribution >= 0.6 is 0 Å². The van der Waals surface area contributed by atoms with Gasteiger partial charge in [0.1, 0.15) is 5.82 Å². The molecular formula is C14H17FN2O3. The molecule has 1 atom stereocenters. The largest absolute Gasteiger partial charge is 0.481 e. The van der Waals surface area contributed by atoms with Crippen LogP contribution in [0.5, 0.6) is 0 Å². The van der Waals surface area contributed by atoms with E-state index >= 15 is 0 Å². The second kappa shape index (κ2) is 5.90. The van der Waals surface area contributed by atoms with Crippen molar-refractivity contribution in [3.05, 3.63) is 29.6 Å². The number of amides is 2. The maximum atomic E-state index is 13.7. The number of benzene rings is 1. The molecule has 108 valence electrons.